The van der Waals surface area contributed by atoms with Gasteiger partial charge in [-0.1, -0.05) is 30.3 Å². The van der Waals surface area contributed by atoms with E-state index >= 15 is 0 Å². The summed E-state index contributed by atoms with van der Waals surface area (Å²) in [5.41, 5.74) is 7.51. The quantitative estimate of drug-likeness (QED) is 0.771. The van der Waals surface area contributed by atoms with Gasteiger partial charge in [0.15, 0.2) is 0 Å². The van der Waals surface area contributed by atoms with E-state index in [4.69, 9.17) is 4.74 Å². The first-order valence-corrected chi connectivity index (χ1v) is 6.50. The minimum absolute atomic E-state index is 0.0753. The number of carbonyl (C=O) groups excluding carboxylic acids is 1. The Morgan fingerprint density at radius 1 is 1.39 bits per heavy atom. The van der Waals surface area contributed by atoms with Crippen LogP contribution in [0.25, 0.3) is 0 Å². The van der Waals surface area contributed by atoms with Gasteiger partial charge in [-0.25, -0.2) is 0 Å². The van der Waals surface area contributed by atoms with Gasteiger partial charge < -0.3 is 4.74 Å². The van der Waals surface area contributed by atoms with Crippen LogP contribution in [0.3, 0.4) is 0 Å². The van der Waals surface area contributed by atoms with Gasteiger partial charge in [0.2, 0.25) is 0 Å². The lowest BCUT2D eigenvalue weighted by Crippen LogP contribution is -2.35. The Hall–Kier alpha value is -1.39. The second-order valence-electron chi connectivity index (χ2n) is 4.51. The molecule has 2 rings (SSSR count). The fraction of sp³-hybridized carbons (Fsp3) is 0.500. The van der Waals surface area contributed by atoms with Crippen LogP contribution in [-0.4, -0.2) is 25.2 Å². The monoisotopic (exact) mass is 248 g/mol. The molecule has 18 heavy (non-hydrogen) atoms. The van der Waals surface area contributed by atoms with Gasteiger partial charge in [0.1, 0.15) is 0 Å². The van der Waals surface area contributed by atoms with Crippen molar-refractivity contribution >= 4 is 5.97 Å². The summed E-state index contributed by atoms with van der Waals surface area (Å²) in [6, 6.07) is 10.5. The van der Waals surface area contributed by atoms with Crippen LogP contribution >= 0.6 is 0 Å². The number of rotatable bonds is 5. The Morgan fingerprint density at radius 3 is 2.89 bits per heavy atom. The van der Waals surface area contributed by atoms with Crippen molar-refractivity contribution in [3.8, 4) is 0 Å². The van der Waals surface area contributed by atoms with Crippen molar-refractivity contribution in [2.24, 2.45) is 5.92 Å². The van der Waals surface area contributed by atoms with Gasteiger partial charge in [-0.05, 0) is 25.3 Å². The average Bonchev–Trinajstić information content (AvgIpc) is 2.86. The van der Waals surface area contributed by atoms with Crippen molar-refractivity contribution in [3.05, 3.63) is 35.9 Å². The Morgan fingerprint density at radius 2 is 2.17 bits per heavy atom. The van der Waals surface area contributed by atoms with Crippen molar-refractivity contribution in [1.82, 2.24) is 10.9 Å². The van der Waals surface area contributed by atoms with Gasteiger partial charge in [-0.3, -0.25) is 15.6 Å². The highest BCUT2D eigenvalue weighted by molar-refractivity contribution is 5.74. The zero-order chi connectivity index (χ0) is 12.8. The van der Waals surface area contributed by atoms with Crippen molar-refractivity contribution in [1.29, 1.82) is 0 Å². The van der Waals surface area contributed by atoms with Crippen LogP contribution in [0.15, 0.2) is 30.3 Å². The number of hydrazine groups is 1. The number of hydrogen-bond acceptors (Lipinski definition) is 4. The van der Waals surface area contributed by atoms with Crippen LogP contribution in [0.1, 0.15) is 18.9 Å². The topological polar surface area (TPSA) is 50.4 Å². The summed E-state index contributed by atoms with van der Waals surface area (Å²) in [6.07, 6.45) is 1.90. The highest BCUT2D eigenvalue weighted by Gasteiger charge is 2.33. The van der Waals surface area contributed by atoms with Gasteiger partial charge in [0.25, 0.3) is 0 Å². The summed E-state index contributed by atoms with van der Waals surface area (Å²) in [5.74, 6) is -0.179. The third-order valence-corrected chi connectivity index (χ3v) is 3.27. The molecule has 1 aliphatic rings. The summed E-state index contributed by atoms with van der Waals surface area (Å²) < 4.78 is 5.09. The highest BCUT2D eigenvalue weighted by atomic mass is 16.5. The normalized spacial score (nSPS) is 22.9. The number of esters is 1. The van der Waals surface area contributed by atoms with Crippen molar-refractivity contribution in [3.63, 3.8) is 0 Å². The molecular weight excluding hydrogens is 228 g/mol. The van der Waals surface area contributed by atoms with Crippen LogP contribution in [0.4, 0.5) is 0 Å². The van der Waals surface area contributed by atoms with E-state index < -0.39 is 0 Å². The first-order chi connectivity index (χ1) is 8.81. The predicted octanol–water partition coefficient (Wildman–Crippen LogP) is 1.27. The summed E-state index contributed by atoms with van der Waals surface area (Å²) in [7, 11) is 0. The van der Waals surface area contributed by atoms with Crippen molar-refractivity contribution < 1.29 is 9.53 Å². The molecule has 0 aliphatic carbocycles. The SMILES string of the molecule is CCOC(=O)C1CNNC1CCc1ccccc1. The predicted molar refractivity (Wildman–Crippen MR) is 69.8 cm³/mol. The number of nitrogens with one attached hydrogen (secondary N) is 2. The van der Waals surface area contributed by atoms with E-state index in [-0.39, 0.29) is 17.9 Å². The highest BCUT2D eigenvalue weighted by Crippen LogP contribution is 2.16. The molecule has 1 aliphatic heterocycles. The van der Waals surface area contributed by atoms with E-state index in [0.29, 0.717) is 13.2 Å². The molecule has 1 heterocycles. The number of benzene rings is 1. The molecule has 1 fully saturated rings. The standard InChI is InChI=1S/C14H20N2O2/c1-2-18-14(17)12-10-15-16-13(12)9-8-11-6-4-3-5-7-11/h3-7,12-13,15-16H,2,8-10H2,1H3. The Labute approximate surface area is 108 Å². The molecule has 0 aromatic heterocycles. The molecule has 2 unspecified atom stereocenters. The Balaban J connectivity index is 1.86. The lowest BCUT2D eigenvalue weighted by Gasteiger charge is -2.16. The van der Waals surface area contributed by atoms with Crippen LogP contribution in [0.2, 0.25) is 0 Å². The summed E-state index contributed by atoms with van der Waals surface area (Å²) >= 11 is 0. The van der Waals surface area contributed by atoms with E-state index in [1.54, 1.807) is 0 Å². The van der Waals surface area contributed by atoms with E-state index in [1.807, 2.05) is 25.1 Å². The molecule has 1 aromatic rings. The third kappa shape index (κ3) is 3.31. The first kappa shape index (κ1) is 13.1. The first-order valence-electron chi connectivity index (χ1n) is 6.50. The average molecular weight is 248 g/mol. The molecule has 2 atom stereocenters. The molecule has 0 amide bonds. The lowest BCUT2D eigenvalue weighted by molar-refractivity contribution is -0.147. The molecule has 0 saturated carbocycles. The van der Waals surface area contributed by atoms with Crippen molar-refractivity contribution in [2.45, 2.75) is 25.8 Å². The van der Waals surface area contributed by atoms with Gasteiger partial charge in [-0.15, -0.1) is 0 Å². The zero-order valence-electron chi connectivity index (χ0n) is 10.7. The van der Waals surface area contributed by atoms with E-state index in [9.17, 15) is 4.79 Å². The second kappa shape index (κ2) is 6.52. The molecule has 98 valence electrons. The molecule has 2 N–H and O–H groups in total. The maximum atomic E-state index is 11.8. The minimum Gasteiger partial charge on any atom is -0.466 e. The number of hydrogen-bond donors (Lipinski definition) is 2. The number of ether oxygens (including phenoxy) is 1. The molecule has 1 saturated heterocycles. The molecule has 1 aromatic carbocycles. The van der Waals surface area contributed by atoms with Crippen LogP contribution in [0.5, 0.6) is 0 Å². The minimum atomic E-state index is -0.104. The van der Waals surface area contributed by atoms with Gasteiger partial charge in [0.05, 0.1) is 12.5 Å². The van der Waals surface area contributed by atoms with Gasteiger partial charge >= 0.3 is 5.97 Å². The maximum absolute atomic E-state index is 11.8. The Bertz CT molecular complexity index is 381. The van der Waals surface area contributed by atoms with Gasteiger partial charge in [0, 0.05) is 12.6 Å². The van der Waals surface area contributed by atoms with E-state index in [2.05, 4.69) is 23.0 Å². The van der Waals surface area contributed by atoms with Crippen molar-refractivity contribution in [2.75, 3.05) is 13.2 Å². The largest absolute Gasteiger partial charge is 0.466 e. The number of aryl methyl sites for hydroxylation is 1. The Kier molecular flexibility index (Phi) is 4.73. The fourth-order valence-electron chi connectivity index (χ4n) is 2.28. The zero-order valence-corrected chi connectivity index (χ0v) is 10.7. The smallest absolute Gasteiger partial charge is 0.311 e. The van der Waals surface area contributed by atoms with E-state index in [0.717, 1.165) is 12.8 Å². The van der Waals surface area contributed by atoms with Crippen LogP contribution < -0.4 is 10.9 Å². The van der Waals surface area contributed by atoms with Gasteiger partial charge in [-0.2, -0.15) is 0 Å². The number of carbonyl (C=O) groups is 1. The molecule has 0 radical (unpaired) electrons. The fourth-order valence-corrected chi connectivity index (χ4v) is 2.28. The molecule has 4 heteroatoms. The van der Waals surface area contributed by atoms with Crippen LogP contribution in [-0.2, 0) is 16.0 Å². The lowest BCUT2D eigenvalue weighted by atomic mass is 9.96. The summed E-state index contributed by atoms with van der Waals surface area (Å²) in [4.78, 5) is 11.8. The second-order valence-corrected chi connectivity index (χ2v) is 4.51. The summed E-state index contributed by atoms with van der Waals surface area (Å²) in [6.45, 7) is 2.94. The molecule has 0 spiro atoms. The summed E-state index contributed by atoms with van der Waals surface area (Å²) in [5, 5.41) is 0. The molecule has 0 bridgehead atoms. The molecular formula is C14H20N2O2. The molecule has 4 nitrogen and oxygen atoms in total. The van der Waals surface area contributed by atoms with E-state index in [1.165, 1.54) is 5.56 Å². The maximum Gasteiger partial charge on any atom is 0.311 e. The van der Waals surface area contributed by atoms with Crippen LogP contribution in [0, 0.1) is 5.92 Å². The third-order valence-electron chi connectivity index (χ3n) is 3.27.